The highest BCUT2D eigenvalue weighted by atomic mass is 127. The van der Waals surface area contributed by atoms with Crippen LogP contribution in [0.15, 0.2) is 59.6 Å². The number of para-hydroxylation sites is 1. The minimum Gasteiger partial charge on any atom is -0.492 e. The molecule has 2 aromatic carbocycles. The fraction of sp³-hybridized carbons (Fsp3) is 0.333. The summed E-state index contributed by atoms with van der Waals surface area (Å²) in [4.78, 5) is 17.3. The van der Waals surface area contributed by atoms with Gasteiger partial charge < -0.3 is 25.0 Å². The standard InChI is InChI=1S/C21H28N4O3.HI/c1-22-21(23-12-13-27-18-9-5-4-6-10-18)24-15-17-8-7-11-19(14-17)28-16-20(26)25(2)3;/h4-11,14H,12-13,15-16H2,1-3H3,(H2,22,23,24);1H. The Bertz CT molecular complexity index is 770. The Morgan fingerprint density at radius 2 is 1.72 bits per heavy atom. The minimum atomic E-state index is -0.0779. The summed E-state index contributed by atoms with van der Waals surface area (Å²) in [5.74, 6) is 2.11. The molecule has 0 fully saturated rings. The fourth-order valence-electron chi connectivity index (χ4n) is 2.28. The number of benzene rings is 2. The average Bonchev–Trinajstić information content (AvgIpc) is 2.72. The average molecular weight is 512 g/mol. The van der Waals surface area contributed by atoms with Gasteiger partial charge in [-0.3, -0.25) is 9.79 Å². The number of rotatable bonds is 9. The molecule has 2 aromatic rings. The van der Waals surface area contributed by atoms with Crippen LogP contribution in [-0.4, -0.2) is 57.7 Å². The highest BCUT2D eigenvalue weighted by molar-refractivity contribution is 14.0. The number of amides is 1. The second kappa shape index (κ2) is 13.6. The Morgan fingerprint density at radius 3 is 2.41 bits per heavy atom. The number of likely N-dealkylation sites (N-methyl/N-ethyl adjacent to an activating group) is 1. The summed E-state index contributed by atoms with van der Waals surface area (Å²) in [6, 6.07) is 17.3. The van der Waals surface area contributed by atoms with Crippen LogP contribution in [-0.2, 0) is 11.3 Å². The molecule has 0 aliphatic rings. The largest absolute Gasteiger partial charge is 0.492 e. The van der Waals surface area contributed by atoms with E-state index in [0.29, 0.717) is 31.4 Å². The lowest BCUT2D eigenvalue weighted by Gasteiger charge is -2.14. The van der Waals surface area contributed by atoms with E-state index >= 15 is 0 Å². The van der Waals surface area contributed by atoms with Crippen molar-refractivity contribution in [1.82, 2.24) is 15.5 Å². The Labute approximate surface area is 189 Å². The van der Waals surface area contributed by atoms with Crippen molar-refractivity contribution in [2.75, 3.05) is 40.9 Å². The van der Waals surface area contributed by atoms with Crippen LogP contribution < -0.4 is 20.1 Å². The highest BCUT2D eigenvalue weighted by Crippen LogP contribution is 2.13. The molecule has 2 rings (SSSR count). The maximum atomic E-state index is 11.6. The second-order valence-corrected chi connectivity index (χ2v) is 6.24. The molecule has 0 radical (unpaired) electrons. The van der Waals surface area contributed by atoms with E-state index in [9.17, 15) is 4.79 Å². The van der Waals surface area contributed by atoms with Gasteiger partial charge in [0, 0.05) is 27.7 Å². The maximum absolute atomic E-state index is 11.6. The van der Waals surface area contributed by atoms with E-state index in [-0.39, 0.29) is 36.5 Å². The Balaban J connectivity index is 0.00000420. The first kappa shape index (κ1) is 24.5. The molecule has 0 aliphatic heterocycles. The van der Waals surface area contributed by atoms with Crippen molar-refractivity contribution < 1.29 is 14.3 Å². The Kier molecular flexibility index (Phi) is 11.6. The molecule has 0 unspecified atom stereocenters. The molecule has 8 heteroatoms. The normalized spacial score (nSPS) is 10.5. The first-order chi connectivity index (χ1) is 13.6. The number of carbonyl (C=O) groups is 1. The van der Waals surface area contributed by atoms with Gasteiger partial charge in [-0.05, 0) is 29.8 Å². The number of aliphatic imine (C=N–C) groups is 1. The van der Waals surface area contributed by atoms with Crippen LogP contribution in [0.4, 0.5) is 0 Å². The van der Waals surface area contributed by atoms with Crippen molar-refractivity contribution in [3.8, 4) is 11.5 Å². The zero-order valence-corrected chi connectivity index (χ0v) is 19.4. The van der Waals surface area contributed by atoms with Crippen LogP contribution in [0.3, 0.4) is 0 Å². The lowest BCUT2D eigenvalue weighted by molar-refractivity contribution is -0.130. The molecular formula is C21H29IN4O3. The third-order valence-electron chi connectivity index (χ3n) is 3.85. The number of halogens is 1. The van der Waals surface area contributed by atoms with Crippen LogP contribution >= 0.6 is 24.0 Å². The Morgan fingerprint density at radius 1 is 1.00 bits per heavy atom. The SMILES string of the molecule is CN=C(NCCOc1ccccc1)NCc1cccc(OCC(=O)N(C)C)c1.I. The number of hydrogen-bond acceptors (Lipinski definition) is 4. The van der Waals surface area contributed by atoms with Crippen molar-refractivity contribution in [3.63, 3.8) is 0 Å². The van der Waals surface area contributed by atoms with Crippen molar-refractivity contribution in [3.05, 3.63) is 60.2 Å². The van der Waals surface area contributed by atoms with Crippen molar-refractivity contribution in [1.29, 1.82) is 0 Å². The molecule has 2 N–H and O–H groups in total. The molecular weight excluding hydrogens is 483 g/mol. The molecule has 0 heterocycles. The first-order valence-electron chi connectivity index (χ1n) is 9.12. The van der Waals surface area contributed by atoms with Crippen LogP contribution in [0.25, 0.3) is 0 Å². The van der Waals surface area contributed by atoms with Gasteiger partial charge in [-0.2, -0.15) is 0 Å². The van der Waals surface area contributed by atoms with Crippen LogP contribution in [0.5, 0.6) is 11.5 Å². The number of nitrogens with zero attached hydrogens (tertiary/aromatic N) is 2. The van der Waals surface area contributed by atoms with Gasteiger partial charge in [-0.15, -0.1) is 24.0 Å². The van der Waals surface area contributed by atoms with Crippen molar-refractivity contribution >= 4 is 35.8 Å². The van der Waals surface area contributed by atoms with Gasteiger partial charge in [0.1, 0.15) is 18.1 Å². The molecule has 158 valence electrons. The van der Waals surface area contributed by atoms with Gasteiger partial charge in [0.25, 0.3) is 5.91 Å². The van der Waals surface area contributed by atoms with E-state index < -0.39 is 0 Å². The second-order valence-electron chi connectivity index (χ2n) is 6.24. The van der Waals surface area contributed by atoms with E-state index in [0.717, 1.165) is 11.3 Å². The van der Waals surface area contributed by atoms with Gasteiger partial charge >= 0.3 is 0 Å². The molecule has 7 nitrogen and oxygen atoms in total. The van der Waals surface area contributed by atoms with Gasteiger partial charge in [0.2, 0.25) is 0 Å². The van der Waals surface area contributed by atoms with Crippen LogP contribution in [0.2, 0.25) is 0 Å². The predicted molar refractivity (Wildman–Crippen MR) is 126 cm³/mol. The minimum absolute atomic E-state index is 0. The van der Waals surface area contributed by atoms with Crippen LogP contribution in [0, 0.1) is 0 Å². The zero-order valence-electron chi connectivity index (χ0n) is 17.1. The van der Waals surface area contributed by atoms with E-state index in [1.807, 2.05) is 54.6 Å². The molecule has 0 saturated heterocycles. The monoisotopic (exact) mass is 512 g/mol. The predicted octanol–water partition coefficient (Wildman–Crippen LogP) is 2.52. The lowest BCUT2D eigenvalue weighted by atomic mass is 10.2. The molecule has 29 heavy (non-hydrogen) atoms. The number of nitrogens with one attached hydrogen (secondary N) is 2. The summed E-state index contributed by atoms with van der Waals surface area (Å²) in [5.41, 5.74) is 1.03. The maximum Gasteiger partial charge on any atom is 0.259 e. The highest BCUT2D eigenvalue weighted by Gasteiger charge is 2.05. The summed E-state index contributed by atoms with van der Waals surface area (Å²) >= 11 is 0. The molecule has 0 bridgehead atoms. The smallest absolute Gasteiger partial charge is 0.259 e. The third-order valence-corrected chi connectivity index (χ3v) is 3.85. The van der Waals surface area contributed by atoms with E-state index in [2.05, 4.69) is 15.6 Å². The number of carbonyl (C=O) groups excluding carboxylic acids is 1. The van der Waals surface area contributed by atoms with Crippen molar-refractivity contribution in [2.24, 2.45) is 4.99 Å². The summed E-state index contributed by atoms with van der Waals surface area (Å²) in [6.07, 6.45) is 0. The Hall–Kier alpha value is -2.49. The van der Waals surface area contributed by atoms with Crippen molar-refractivity contribution in [2.45, 2.75) is 6.54 Å². The molecule has 0 atom stereocenters. The van der Waals surface area contributed by atoms with E-state index in [1.165, 1.54) is 4.90 Å². The summed E-state index contributed by atoms with van der Waals surface area (Å²) in [6.45, 7) is 1.77. The zero-order chi connectivity index (χ0) is 20.2. The quantitative estimate of drug-likeness (QED) is 0.234. The number of ether oxygens (including phenoxy) is 2. The van der Waals surface area contributed by atoms with Gasteiger partial charge in [0.05, 0.1) is 6.54 Å². The fourth-order valence-corrected chi connectivity index (χ4v) is 2.28. The molecule has 0 aromatic heterocycles. The van der Waals surface area contributed by atoms with E-state index in [4.69, 9.17) is 9.47 Å². The summed E-state index contributed by atoms with van der Waals surface area (Å²) < 4.78 is 11.2. The van der Waals surface area contributed by atoms with E-state index in [1.54, 1.807) is 21.1 Å². The van der Waals surface area contributed by atoms with Crippen LogP contribution in [0.1, 0.15) is 5.56 Å². The van der Waals surface area contributed by atoms with Gasteiger partial charge in [0.15, 0.2) is 12.6 Å². The van der Waals surface area contributed by atoms with Gasteiger partial charge in [-0.1, -0.05) is 30.3 Å². The third kappa shape index (κ3) is 9.51. The van der Waals surface area contributed by atoms with Gasteiger partial charge in [-0.25, -0.2) is 0 Å². The first-order valence-corrected chi connectivity index (χ1v) is 9.12. The molecule has 0 aliphatic carbocycles. The lowest BCUT2D eigenvalue weighted by Crippen LogP contribution is -2.38. The number of hydrogen-bond donors (Lipinski definition) is 2. The molecule has 0 saturated carbocycles. The number of guanidine groups is 1. The summed E-state index contributed by atoms with van der Waals surface area (Å²) in [7, 11) is 5.13. The summed E-state index contributed by atoms with van der Waals surface area (Å²) in [5, 5.41) is 6.46. The molecule has 1 amide bonds. The molecule has 0 spiro atoms. The topological polar surface area (TPSA) is 75.2 Å².